The molecule has 0 aliphatic rings. The fourth-order valence-electron chi connectivity index (χ4n) is 1.25. The van der Waals surface area contributed by atoms with E-state index in [0.717, 1.165) is 6.07 Å². The van der Waals surface area contributed by atoms with E-state index >= 15 is 0 Å². The Morgan fingerprint density at radius 1 is 1.56 bits per heavy atom. The predicted octanol–water partition coefficient (Wildman–Crippen LogP) is 2.92. The highest BCUT2D eigenvalue weighted by Crippen LogP contribution is 2.38. The van der Waals surface area contributed by atoms with E-state index in [2.05, 4.69) is 0 Å². The van der Waals surface area contributed by atoms with Crippen molar-refractivity contribution in [3.63, 3.8) is 0 Å². The first-order valence-corrected chi connectivity index (χ1v) is 4.68. The Bertz CT molecular complexity index is 407. The molecule has 0 aliphatic carbocycles. The van der Waals surface area contributed by atoms with E-state index in [-0.39, 0.29) is 10.8 Å². The van der Waals surface area contributed by atoms with Crippen molar-refractivity contribution >= 4 is 17.6 Å². The third kappa shape index (κ3) is 2.82. The summed E-state index contributed by atoms with van der Waals surface area (Å²) in [5.41, 5.74) is -0.523. The van der Waals surface area contributed by atoms with Gasteiger partial charge >= 0.3 is 5.97 Å². The largest absolute Gasteiger partial charge is 0.496 e. The third-order valence-corrected chi connectivity index (χ3v) is 2.16. The number of hydrogen-bond acceptors (Lipinski definition) is 2. The van der Waals surface area contributed by atoms with E-state index in [1.54, 1.807) is 0 Å². The highest BCUT2D eigenvalue weighted by Gasteiger charge is 2.37. The van der Waals surface area contributed by atoms with Crippen molar-refractivity contribution < 1.29 is 23.4 Å². The third-order valence-electron chi connectivity index (χ3n) is 1.93. The molecule has 0 amide bonds. The van der Waals surface area contributed by atoms with E-state index in [0.29, 0.717) is 0 Å². The molecule has 16 heavy (non-hydrogen) atoms. The van der Waals surface area contributed by atoms with E-state index in [4.69, 9.17) is 21.4 Å². The average molecular weight is 251 g/mol. The van der Waals surface area contributed by atoms with Crippen LogP contribution in [0.3, 0.4) is 0 Å². The van der Waals surface area contributed by atoms with E-state index in [1.165, 1.54) is 19.2 Å². The molecule has 0 unspecified atom stereocenters. The van der Waals surface area contributed by atoms with Gasteiger partial charge in [0.1, 0.15) is 12.2 Å². The monoisotopic (exact) mass is 250 g/mol. The molecule has 0 radical (unpaired) electrons. The number of halogens is 3. The quantitative estimate of drug-likeness (QED) is 0.894. The molecular weight excluding hydrogens is 242 g/mol. The van der Waals surface area contributed by atoms with Gasteiger partial charge in [-0.05, 0) is 18.2 Å². The Morgan fingerprint density at radius 3 is 2.69 bits per heavy atom. The zero-order chi connectivity index (χ0) is 12.3. The Balaban J connectivity index is 3.18. The second-order valence-corrected chi connectivity index (χ2v) is 3.56. The van der Waals surface area contributed by atoms with Gasteiger partial charge in [0.05, 0.1) is 12.7 Å². The number of methoxy groups -OCH3 is 1. The van der Waals surface area contributed by atoms with Crippen LogP contribution in [0.2, 0.25) is 5.02 Å². The number of benzene rings is 1. The van der Waals surface area contributed by atoms with Crippen molar-refractivity contribution in [1.82, 2.24) is 0 Å². The summed E-state index contributed by atoms with van der Waals surface area (Å²) in [6.07, 6.45) is -1.30. The highest BCUT2D eigenvalue weighted by atomic mass is 35.5. The molecular formula is C10H9ClF2O3. The molecule has 3 nitrogen and oxygen atoms in total. The maximum atomic E-state index is 13.5. The van der Waals surface area contributed by atoms with E-state index in [1.807, 2.05) is 0 Å². The smallest absolute Gasteiger partial charge is 0.309 e. The van der Waals surface area contributed by atoms with Gasteiger partial charge in [-0.15, -0.1) is 0 Å². The predicted molar refractivity (Wildman–Crippen MR) is 54.2 cm³/mol. The lowest BCUT2D eigenvalue weighted by Crippen LogP contribution is -2.19. The van der Waals surface area contributed by atoms with Crippen LogP contribution in [-0.4, -0.2) is 18.2 Å². The average Bonchev–Trinajstić information content (AvgIpc) is 2.15. The molecule has 0 saturated heterocycles. The van der Waals surface area contributed by atoms with Crippen LogP contribution in [0.25, 0.3) is 0 Å². The molecule has 0 aliphatic heterocycles. The normalized spacial score (nSPS) is 11.2. The standard InChI is InChI=1S/C10H9ClF2O3/c1-16-8-3-2-6(11)4-7(8)10(12,13)5-9(14)15/h2-4H,5H2,1H3,(H,14,15). The van der Waals surface area contributed by atoms with Crippen molar-refractivity contribution in [2.45, 2.75) is 12.3 Å². The van der Waals surface area contributed by atoms with Crippen molar-refractivity contribution in [2.24, 2.45) is 0 Å². The van der Waals surface area contributed by atoms with Gasteiger partial charge in [0.25, 0.3) is 5.92 Å². The number of aliphatic carboxylic acids is 1. The van der Waals surface area contributed by atoms with Gasteiger partial charge < -0.3 is 9.84 Å². The molecule has 1 aromatic rings. The van der Waals surface area contributed by atoms with Crippen molar-refractivity contribution in [3.8, 4) is 5.75 Å². The van der Waals surface area contributed by atoms with E-state index < -0.39 is 23.9 Å². The molecule has 0 bridgehead atoms. The minimum absolute atomic E-state index is 0.0874. The number of rotatable bonds is 4. The number of hydrogen-bond donors (Lipinski definition) is 1. The minimum atomic E-state index is -3.51. The molecule has 0 atom stereocenters. The Morgan fingerprint density at radius 2 is 2.19 bits per heavy atom. The lowest BCUT2D eigenvalue weighted by atomic mass is 10.0. The maximum Gasteiger partial charge on any atom is 0.309 e. The number of carboxylic acids is 1. The zero-order valence-electron chi connectivity index (χ0n) is 8.34. The summed E-state index contributed by atoms with van der Waals surface area (Å²) < 4.78 is 31.8. The number of alkyl halides is 2. The molecule has 1 rings (SSSR count). The topological polar surface area (TPSA) is 46.5 Å². The molecule has 6 heteroatoms. The van der Waals surface area contributed by atoms with Crippen molar-refractivity contribution in [3.05, 3.63) is 28.8 Å². The highest BCUT2D eigenvalue weighted by molar-refractivity contribution is 6.30. The van der Waals surface area contributed by atoms with E-state index in [9.17, 15) is 13.6 Å². The molecule has 88 valence electrons. The second kappa shape index (κ2) is 4.65. The van der Waals surface area contributed by atoms with Gasteiger partial charge in [-0.2, -0.15) is 0 Å². The van der Waals surface area contributed by atoms with Gasteiger partial charge in [0.2, 0.25) is 0 Å². The first kappa shape index (κ1) is 12.7. The van der Waals surface area contributed by atoms with Gasteiger partial charge in [-0.3, -0.25) is 4.79 Å². The lowest BCUT2D eigenvalue weighted by molar-refractivity contribution is -0.145. The van der Waals surface area contributed by atoms with Gasteiger partial charge in [-0.1, -0.05) is 11.6 Å². The molecule has 1 aromatic carbocycles. The van der Waals surface area contributed by atoms with Crippen LogP contribution in [0.1, 0.15) is 12.0 Å². The Labute approximate surface area is 95.6 Å². The molecule has 0 aromatic heterocycles. The van der Waals surface area contributed by atoms with Crippen LogP contribution in [0.4, 0.5) is 8.78 Å². The van der Waals surface area contributed by atoms with Crippen LogP contribution in [-0.2, 0) is 10.7 Å². The van der Waals surface area contributed by atoms with Crippen LogP contribution < -0.4 is 4.74 Å². The fraction of sp³-hybridized carbons (Fsp3) is 0.300. The molecule has 0 fully saturated rings. The number of carbonyl (C=O) groups is 1. The second-order valence-electron chi connectivity index (χ2n) is 3.12. The summed E-state index contributed by atoms with van der Waals surface area (Å²) in [5.74, 6) is -5.19. The summed E-state index contributed by atoms with van der Waals surface area (Å²) in [6, 6.07) is 3.66. The van der Waals surface area contributed by atoms with Gasteiger partial charge in [-0.25, -0.2) is 8.78 Å². The summed E-state index contributed by atoms with van der Waals surface area (Å²) in [6.45, 7) is 0. The van der Waals surface area contributed by atoms with Crippen LogP contribution in [0, 0.1) is 0 Å². The SMILES string of the molecule is COc1ccc(Cl)cc1C(F)(F)CC(=O)O. The lowest BCUT2D eigenvalue weighted by Gasteiger charge is -2.17. The number of carboxylic acid groups (broad SMARTS) is 1. The molecule has 1 N–H and O–H groups in total. The first-order valence-electron chi connectivity index (χ1n) is 4.30. The van der Waals surface area contributed by atoms with Crippen LogP contribution in [0.15, 0.2) is 18.2 Å². The summed E-state index contributed by atoms with van der Waals surface area (Å²) in [5, 5.41) is 8.49. The van der Waals surface area contributed by atoms with Crippen LogP contribution in [0.5, 0.6) is 5.75 Å². The van der Waals surface area contributed by atoms with Crippen molar-refractivity contribution in [2.75, 3.05) is 7.11 Å². The molecule has 0 spiro atoms. The van der Waals surface area contributed by atoms with Gasteiger partial charge in [0.15, 0.2) is 0 Å². The first-order chi connectivity index (χ1) is 7.36. The van der Waals surface area contributed by atoms with Gasteiger partial charge in [0, 0.05) is 5.02 Å². The summed E-state index contributed by atoms with van der Waals surface area (Å²) in [4.78, 5) is 10.3. The fourth-order valence-corrected chi connectivity index (χ4v) is 1.42. The van der Waals surface area contributed by atoms with Crippen molar-refractivity contribution in [1.29, 1.82) is 0 Å². The minimum Gasteiger partial charge on any atom is -0.496 e. The Kier molecular flexibility index (Phi) is 3.70. The summed E-state index contributed by atoms with van der Waals surface area (Å²) in [7, 11) is 1.23. The molecule has 0 saturated carbocycles. The van der Waals surface area contributed by atoms with Crippen LogP contribution >= 0.6 is 11.6 Å². The Hall–Kier alpha value is -1.36. The molecule has 0 heterocycles. The summed E-state index contributed by atoms with van der Waals surface area (Å²) >= 11 is 5.58. The zero-order valence-corrected chi connectivity index (χ0v) is 9.09. The maximum absolute atomic E-state index is 13.5. The number of ether oxygens (including phenoxy) is 1.